The van der Waals surface area contributed by atoms with Crippen molar-refractivity contribution in [2.24, 2.45) is 0 Å². The van der Waals surface area contributed by atoms with Crippen LogP contribution in [0.1, 0.15) is 10.4 Å². The van der Waals surface area contributed by atoms with E-state index >= 15 is 0 Å². The van der Waals surface area contributed by atoms with Crippen LogP contribution in [0.4, 0.5) is 4.39 Å². The van der Waals surface area contributed by atoms with Gasteiger partial charge in [-0.1, -0.05) is 0 Å². The molecule has 0 saturated carbocycles. The number of nitrogens with zero attached hydrogens (tertiary/aromatic N) is 2. The van der Waals surface area contributed by atoms with E-state index in [2.05, 4.69) is 0 Å². The molecular weight excluding hydrogens is 351 g/mol. The number of hydrogen-bond donors (Lipinski definition) is 0. The largest absolute Gasteiger partial charge is 0.497 e. The Morgan fingerprint density at radius 1 is 0.889 bits per heavy atom. The molecule has 1 aliphatic rings. The maximum Gasteiger partial charge on any atom is 0.260 e. The second-order valence-corrected chi connectivity index (χ2v) is 6.14. The van der Waals surface area contributed by atoms with E-state index in [1.165, 1.54) is 24.3 Å². The summed E-state index contributed by atoms with van der Waals surface area (Å²) in [6.45, 7) is 1.72. The summed E-state index contributed by atoms with van der Waals surface area (Å²) in [5.74, 6) is 0.565. The van der Waals surface area contributed by atoms with Gasteiger partial charge in [0.05, 0.1) is 7.11 Å². The van der Waals surface area contributed by atoms with Gasteiger partial charge in [-0.25, -0.2) is 4.39 Å². The van der Waals surface area contributed by atoms with Crippen LogP contribution >= 0.6 is 0 Å². The predicted octanol–water partition coefficient (Wildman–Crippen LogP) is 2.20. The van der Waals surface area contributed by atoms with E-state index in [1.54, 1.807) is 41.2 Å². The van der Waals surface area contributed by atoms with Gasteiger partial charge in [0.1, 0.15) is 17.3 Å². The summed E-state index contributed by atoms with van der Waals surface area (Å²) >= 11 is 0. The Morgan fingerprint density at radius 2 is 1.44 bits per heavy atom. The molecule has 0 unspecified atom stereocenters. The Hall–Kier alpha value is -3.09. The second-order valence-electron chi connectivity index (χ2n) is 6.14. The first kappa shape index (κ1) is 18.7. The van der Waals surface area contributed by atoms with Crippen LogP contribution in [0.3, 0.4) is 0 Å². The monoisotopic (exact) mass is 372 g/mol. The van der Waals surface area contributed by atoms with Crippen LogP contribution < -0.4 is 9.47 Å². The summed E-state index contributed by atoms with van der Waals surface area (Å²) in [6, 6.07) is 12.5. The molecule has 1 saturated heterocycles. The SMILES string of the molecule is COc1ccc(C(=O)N2CCN(C(=O)COc3ccc(F)cc3)CC2)cc1. The summed E-state index contributed by atoms with van der Waals surface area (Å²) in [5, 5.41) is 0. The zero-order chi connectivity index (χ0) is 19.2. The quantitative estimate of drug-likeness (QED) is 0.807. The van der Waals surface area contributed by atoms with Gasteiger partial charge in [-0.15, -0.1) is 0 Å². The molecule has 0 radical (unpaired) electrons. The third kappa shape index (κ3) is 4.75. The molecule has 142 valence electrons. The minimum atomic E-state index is -0.355. The number of rotatable bonds is 5. The van der Waals surface area contributed by atoms with Gasteiger partial charge in [-0.3, -0.25) is 9.59 Å². The molecule has 2 amide bonds. The molecule has 0 atom stereocenters. The molecule has 1 fully saturated rings. The fourth-order valence-electron chi connectivity index (χ4n) is 2.84. The highest BCUT2D eigenvalue weighted by Gasteiger charge is 2.25. The number of hydrogen-bond acceptors (Lipinski definition) is 4. The molecule has 0 spiro atoms. The lowest BCUT2D eigenvalue weighted by Gasteiger charge is -2.34. The molecule has 2 aromatic rings. The minimum absolute atomic E-state index is 0.0627. The Balaban J connectivity index is 1.48. The first-order chi connectivity index (χ1) is 13.1. The first-order valence-corrected chi connectivity index (χ1v) is 8.66. The number of piperazine rings is 1. The van der Waals surface area contributed by atoms with Gasteiger partial charge in [0.25, 0.3) is 11.8 Å². The highest BCUT2D eigenvalue weighted by molar-refractivity contribution is 5.94. The van der Waals surface area contributed by atoms with Crippen LogP contribution in [0.5, 0.6) is 11.5 Å². The summed E-state index contributed by atoms with van der Waals surface area (Å²) in [7, 11) is 1.58. The number of methoxy groups -OCH3 is 1. The topological polar surface area (TPSA) is 59.1 Å². The van der Waals surface area contributed by atoms with Crippen LogP contribution in [0, 0.1) is 5.82 Å². The maximum absolute atomic E-state index is 12.9. The lowest BCUT2D eigenvalue weighted by Crippen LogP contribution is -2.51. The van der Waals surface area contributed by atoms with Crippen LogP contribution in [0.2, 0.25) is 0 Å². The number of benzene rings is 2. The van der Waals surface area contributed by atoms with E-state index < -0.39 is 0 Å². The molecule has 7 heteroatoms. The highest BCUT2D eigenvalue weighted by atomic mass is 19.1. The van der Waals surface area contributed by atoms with Gasteiger partial charge in [-0.2, -0.15) is 0 Å². The van der Waals surface area contributed by atoms with Crippen molar-refractivity contribution in [1.29, 1.82) is 0 Å². The predicted molar refractivity (Wildman–Crippen MR) is 97.4 cm³/mol. The molecular formula is C20H21FN2O4. The van der Waals surface area contributed by atoms with Crippen molar-refractivity contribution in [3.8, 4) is 11.5 Å². The van der Waals surface area contributed by atoms with Crippen LogP contribution in [-0.4, -0.2) is 61.5 Å². The molecule has 3 rings (SSSR count). The van der Waals surface area contributed by atoms with Gasteiger partial charge >= 0.3 is 0 Å². The van der Waals surface area contributed by atoms with E-state index in [4.69, 9.17) is 9.47 Å². The van der Waals surface area contributed by atoms with Crippen molar-refractivity contribution in [3.05, 3.63) is 59.9 Å². The molecule has 0 aromatic heterocycles. The van der Waals surface area contributed by atoms with Gasteiger partial charge in [0, 0.05) is 31.7 Å². The lowest BCUT2D eigenvalue weighted by atomic mass is 10.1. The number of ether oxygens (including phenoxy) is 2. The third-order valence-corrected chi connectivity index (χ3v) is 4.43. The van der Waals surface area contributed by atoms with E-state index in [9.17, 15) is 14.0 Å². The normalized spacial score (nSPS) is 14.0. The fraction of sp³-hybridized carbons (Fsp3) is 0.300. The number of carbonyl (C=O) groups excluding carboxylic acids is 2. The lowest BCUT2D eigenvalue weighted by molar-refractivity contribution is -0.134. The Labute approximate surface area is 157 Å². The second kappa shape index (κ2) is 8.53. The third-order valence-electron chi connectivity index (χ3n) is 4.43. The number of halogens is 1. The molecule has 0 N–H and O–H groups in total. The molecule has 2 aromatic carbocycles. The van der Waals surface area contributed by atoms with E-state index in [1.807, 2.05) is 0 Å². The summed E-state index contributed by atoms with van der Waals surface area (Å²) < 4.78 is 23.4. The average Bonchev–Trinajstić information content (AvgIpc) is 2.73. The first-order valence-electron chi connectivity index (χ1n) is 8.66. The summed E-state index contributed by atoms with van der Waals surface area (Å²) in [6.07, 6.45) is 0. The fourth-order valence-corrected chi connectivity index (χ4v) is 2.84. The number of amides is 2. The minimum Gasteiger partial charge on any atom is -0.497 e. The van der Waals surface area contributed by atoms with Crippen LogP contribution in [0.15, 0.2) is 48.5 Å². The van der Waals surface area contributed by atoms with Gasteiger partial charge in [-0.05, 0) is 48.5 Å². The average molecular weight is 372 g/mol. The van der Waals surface area contributed by atoms with Crippen LogP contribution in [0.25, 0.3) is 0 Å². The van der Waals surface area contributed by atoms with Gasteiger partial charge in [0.15, 0.2) is 6.61 Å². The van der Waals surface area contributed by atoms with E-state index in [0.717, 1.165) is 0 Å². The summed E-state index contributed by atoms with van der Waals surface area (Å²) in [5.41, 5.74) is 0.593. The zero-order valence-corrected chi connectivity index (χ0v) is 15.1. The summed E-state index contributed by atoms with van der Waals surface area (Å²) in [4.78, 5) is 28.2. The van der Waals surface area contributed by atoms with Crippen molar-refractivity contribution in [1.82, 2.24) is 9.80 Å². The molecule has 6 nitrogen and oxygen atoms in total. The Bertz CT molecular complexity index is 785. The Kier molecular flexibility index (Phi) is 5.90. The molecule has 27 heavy (non-hydrogen) atoms. The van der Waals surface area contributed by atoms with Gasteiger partial charge in [0.2, 0.25) is 0 Å². The molecule has 1 heterocycles. The van der Waals surface area contributed by atoms with Gasteiger partial charge < -0.3 is 19.3 Å². The number of carbonyl (C=O) groups is 2. The Morgan fingerprint density at radius 3 is 2.04 bits per heavy atom. The van der Waals surface area contributed by atoms with Crippen molar-refractivity contribution >= 4 is 11.8 Å². The molecule has 1 aliphatic heterocycles. The van der Waals surface area contributed by atoms with Crippen molar-refractivity contribution in [2.75, 3.05) is 39.9 Å². The highest BCUT2D eigenvalue weighted by Crippen LogP contribution is 2.15. The van der Waals surface area contributed by atoms with Crippen LogP contribution in [-0.2, 0) is 4.79 Å². The molecule has 0 bridgehead atoms. The van der Waals surface area contributed by atoms with Crippen molar-refractivity contribution in [2.45, 2.75) is 0 Å². The van der Waals surface area contributed by atoms with E-state index in [-0.39, 0.29) is 24.2 Å². The zero-order valence-electron chi connectivity index (χ0n) is 15.1. The standard InChI is InChI=1S/C20H21FN2O4/c1-26-17-6-2-15(3-7-17)20(25)23-12-10-22(11-13-23)19(24)14-27-18-8-4-16(21)5-9-18/h2-9H,10-14H2,1H3. The molecule has 0 aliphatic carbocycles. The maximum atomic E-state index is 12.9. The van der Waals surface area contributed by atoms with E-state index in [0.29, 0.717) is 43.2 Å². The smallest absolute Gasteiger partial charge is 0.260 e. The van der Waals surface area contributed by atoms with Crippen molar-refractivity contribution in [3.63, 3.8) is 0 Å². The van der Waals surface area contributed by atoms with Crippen molar-refractivity contribution < 1.29 is 23.5 Å².